The van der Waals surface area contributed by atoms with E-state index >= 15 is 0 Å². The molecule has 6 heteroatoms. The number of hydrogen-bond donors (Lipinski definition) is 1. The number of nitrogens with zero attached hydrogens (tertiary/aromatic N) is 3. The molecule has 0 aliphatic rings. The van der Waals surface area contributed by atoms with Gasteiger partial charge in [-0.15, -0.1) is 0 Å². The molecule has 0 aliphatic carbocycles. The van der Waals surface area contributed by atoms with Crippen molar-refractivity contribution in [2.24, 2.45) is 0 Å². The van der Waals surface area contributed by atoms with Crippen LogP contribution in [0.5, 0.6) is 0 Å². The van der Waals surface area contributed by atoms with Crippen LogP contribution in [0.25, 0.3) is 0 Å². The monoisotopic (exact) mass is 274 g/mol. The molecule has 1 unspecified atom stereocenters. The van der Waals surface area contributed by atoms with Crippen LogP contribution in [-0.2, 0) is 0 Å². The van der Waals surface area contributed by atoms with E-state index in [1.807, 2.05) is 32.9 Å². The van der Waals surface area contributed by atoms with Gasteiger partial charge in [0.25, 0.3) is 0 Å². The molecule has 2 rings (SSSR count). The summed E-state index contributed by atoms with van der Waals surface area (Å²) in [6.07, 6.45) is 0. The SMILES string of the molecule is Cc1ccc(C(C)n2nc(C)c([N+](=O)[O-])c2N)cc1C. The Balaban J connectivity index is 2.48. The van der Waals surface area contributed by atoms with Crippen LogP contribution in [0.4, 0.5) is 11.5 Å². The zero-order valence-electron chi connectivity index (χ0n) is 12.0. The van der Waals surface area contributed by atoms with E-state index in [9.17, 15) is 10.1 Å². The maximum absolute atomic E-state index is 11.0. The molecule has 0 amide bonds. The highest BCUT2D eigenvalue weighted by Crippen LogP contribution is 2.30. The second-order valence-electron chi connectivity index (χ2n) is 5.04. The Hall–Kier alpha value is -2.37. The second kappa shape index (κ2) is 4.96. The van der Waals surface area contributed by atoms with Crippen LogP contribution in [0.3, 0.4) is 0 Å². The Morgan fingerprint density at radius 2 is 1.95 bits per heavy atom. The summed E-state index contributed by atoms with van der Waals surface area (Å²) in [6.45, 7) is 7.60. The van der Waals surface area contributed by atoms with Crippen LogP contribution in [0, 0.1) is 30.9 Å². The molecule has 0 aliphatic heterocycles. The fourth-order valence-electron chi connectivity index (χ4n) is 2.24. The van der Waals surface area contributed by atoms with Gasteiger partial charge in [-0.05, 0) is 44.4 Å². The summed E-state index contributed by atoms with van der Waals surface area (Å²) in [6, 6.07) is 5.93. The Bertz CT molecular complexity index is 676. The molecule has 1 aromatic heterocycles. The van der Waals surface area contributed by atoms with Gasteiger partial charge >= 0.3 is 5.69 Å². The van der Waals surface area contributed by atoms with Crippen LogP contribution in [0.2, 0.25) is 0 Å². The molecule has 20 heavy (non-hydrogen) atoms. The van der Waals surface area contributed by atoms with E-state index in [4.69, 9.17) is 5.73 Å². The first-order chi connectivity index (χ1) is 9.32. The third-order valence-corrected chi connectivity index (χ3v) is 3.65. The average molecular weight is 274 g/mol. The molecule has 0 radical (unpaired) electrons. The van der Waals surface area contributed by atoms with Crippen molar-refractivity contribution in [3.63, 3.8) is 0 Å². The molecule has 1 heterocycles. The van der Waals surface area contributed by atoms with Gasteiger partial charge in [-0.25, -0.2) is 4.68 Å². The van der Waals surface area contributed by atoms with E-state index < -0.39 is 4.92 Å². The van der Waals surface area contributed by atoms with Crippen molar-refractivity contribution < 1.29 is 4.92 Å². The minimum Gasteiger partial charge on any atom is -0.378 e. The second-order valence-corrected chi connectivity index (χ2v) is 5.04. The van der Waals surface area contributed by atoms with E-state index in [0.29, 0.717) is 5.69 Å². The van der Waals surface area contributed by atoms with Gasteiger partial charge in [0.15, 0.2) is 0 Å². The van der Waals surface area contributed by atoms with E-state index in [2.05, 4.69) is 11.2 Å². The summed E-state index contributed by atoms with van der Waals surface area (Å²) in [7, 11) is 0. The van der Waals surface area contributed by atoms with Gasteiger partial charge < -0.3 is 5.73 Å². The summed E-state index contributed by atoms with van der Waals surface area (Å²) in [5.41, 5.74) is 9.50. The van der Waals surface area contributed by atoms with Crippen molar-refractivity contribution in [3.8, 4) is 0 Å². The molecule has 106 valence electrons. The molecule has 0 spiro atoms. The van der Waals surface area contributed by atoms with Crippen molar-refractivity contribution in [3.05, 3.63) is 50.7 Å². The molecular weight excluding hydrogens is 256 g/mol. The summed E-state index contributed by atoms with van der Waals surface area (Å²) >= 11 is 0. The van der Waals surface area contributed by atoms with Gasteiger partial charge in [0.05, 0.1) is 11.0 Å². The standard InChI is InChI=1S/C14H18N4O2/c1-8-5-6-12(7-9(8)2)11(4)17-14(15)13(18(19)20)10(3)16-17/h5-7,11H,15H2,1-4H3. The average Bonchev–Trinajstić information content (AvgIpc) is 2.67. The number of aromatic nitrogens is 2. The van der Waals surface area contributed by atoms with Crippen molar-refractivity contribution in [2.45, 2.75) is 33.7 Å². The van der Waals surface area contributed by atoms with Gasteiger partial charge in [-0.2, -0.15) is 5.10 Å². The lowest BCUT2D eigenvalue weighted by Crippen LogP contribution is -2.12. The Labute approximate surface area is 117 Å². The Morgan fingerprint density at radius 1 is 1.30 bits per heavy atom. The highest BCUT2D eigenvalue weighted by atomic mass is 16.6. The van der Waals surface area contributed by atoms with Crippen LogP contribution in [0.1, 0.15) is 35.3 Å². The fraction of sp³-hybridized carbons (Fsp3) is 0.357. The maximum atomic E-state index is 11.0. The third-order valence-electron chi connectivity index (χ3n) is 3.65. The lowest BCUT2D eigenvalue weighted by atomic mass is 10.0. The zero-order chi connectivity index (χ0) is 15.0. The molecule has 2 N–H and O–H groups in total. The number of anilines is 1. The minimum absolute atomic E-state index is 0.0956. The summed E-state index contributed by atoms with van der Waals surface area (Å²) in [4.78, 5) is 10.5. The maximum Gasteiger partial charge on any atom is 0.333 e. The van der Waals surface area contributed by atoms with E-state index in [0.717, 1.165) is 5.56 Å². The number of nitro groups is 1. The van der Waals surface area contributed by atoms with E-state index in [1.54, 1.807) is 6.92 Å². The summed E-state index contributed by atoms with van der Waals surface area (Å²) < 4.78 is 1.51. The summed E-state index contributed by atoms with van der Waals surface area (Å²) in [5.74, 6) is 0.0956. The molecule has 1 aromatic carbocycles. The van der Waals surface area contributed by atoms with E-state index in [-0.39, 0.29) is 17.5 Å². The van der Waals surface area contributed by atoms with Crippen LogP contribution < -0.4 is 5.73 Å². The first-order valence-electron chi connectivity index (χ1n) is 6.39. The van der Waals surface area contributed by atoms with E-state index in [1.165, 1.54) is 15.8 Å². The number of aryl methyl sites for hydroxylation is 3. The van der Waals surface area contributed by atoms with Crippen LogP contribution >= 0.6 is 0 Å². The molecule has 0 saturated heterocycles. The fourth-order valence-corrected chi connectivity index (χ4v) is 2.24. The number of hydrogen-bond acceptors (Lipinski definition) is 4. The quantitative estimate of drug-likeness (QED) is 0.688. The van der Waals surface area contributed by atoms with Gasteiger partial charge in [0, 0.05) is 0 Å². The van der Waals surface area contributed by atoms with Gasteiger partial charge in [-0.3, -0.25) is 10.1 Å². The van der Waals surface area contributed by atoms with Gasteiger partial charge in [0.2, 0.25) is 5.82 Å². The smallest absolute Gasteiger partial charge is 0.333 e. The first-order valence-corrected chi connectivity index (χ1v) is 6.39. The van der Waals surface area contributed by atoms with Crippen molar-refractivity contribution >= 4 is 11.5 Å². The van der Waals surface area contributed by atoms with Crippen molar-refractivity contribution in [2.75, 3.05) is 5.73 Å². The van der Waals surface area contributed by atoms with Gasteiger partial charge in [-0.1, -0.05) is 18.2 Å². The highest BCUT2D eigenvalue weighted by molar-refractivity contribution is 5.56. The molecular formula is C14H18N4O2. The first kappa shape index (κ1) is 14.0. The Morgan fingerprint density at radius 3 is 2.45 bits per heavy atom. The third kappa shape index (κ3) is 2.24. The molecule has 1 atom stereocenters. The highest BCUT2D eigenvalue weighted by Gasteiger charge is 2.25. The van der Waals surface area contributed by atoms with Crippen molar-refractivity contribution in [1.29, 1.82) is 0 Å². The molecule has 0 bridgehead atoms. The molecule has 2 aromatic rings. The normalized spacial score (nSPS) is 12.4. The lowest BCUT2D eigenvalue weighted by Gasteiger charge is -2.15. The number of nitrogen functional groups attached to an aromatic ring is 1. The predicted octanol–water partition coefficient (Wildman–Crippen LogP) is 2.91. The predicted molar refractivity (Wildman–Crippen MR) is 77.8 cm³/mol. The number of benzene rings is 1. The Kier molecular flexibility index (Phi) is 3.48. The minimum atomic E-state index is -0.485. The molecule has 0 fully saturated rings. The summed E-state index contributed by atoms with van der Waals surface area (Å²) in [5, 5.41) is 15.2. The zero-order valence-corrected chi connectivity index (χ0v) is 12.0. The number of rotatable bonds is 3. The largest absolute Gasteiger partial charge is 0.378 e. The number of nitrogens with two attached hydrogens (primary N) is 1. The lowest BCUT2D eigenvalue weighted by molar-refractivity contribution is -0.384. The topological polar surface area (TPSA) is 87.0 Å². The van der Waals surface area contributed by atoms with Crippen molar-refractivity contribution in [1.82, 2.24) is 9.78 Å². The van der Waals surface area contributed by atoms with Crippen LogP contribution in [-0.4, -0.2) is 14.7 Å². The molecule has 0 saturated carbocycles. The van der Waals surface area contributed by atoms with Crippen LogP contribution in [0.15, 0.2) is 18.2 Å². The van der Waals surface area contributed by atoms with Gasteiger partial charge in [0.1, 0.15) is 5.69 Å². The molecule has 6 nitrogen and oxygen atoms in total.